The molecule has 0 aliphatic heterocycles. The minimum Gasteiger partial charge on any atom is -0.292 e. The van der Waals surface area contributed by atoms with E-state index in [1.165, 1.54) is 5.56 Å². The molecule has 0 aliphatic carbocycles. The molecule has 0 heterocycles. The van der Waals surface area contributed by atoms with Gasteiger partial charge in [0.05, 0.1) is 14.1 Å². The van der Waals surface area contributed by atoms with E-state index in [0.29, 0.717) is 4.48 Å². The van der Waals surface area contributed by atoms with Crippen LogP contribution in [0.4, 0.5) is 0 Å². The Morgan fingerprint density at radius 1 is 1.38 bits per heavy atom. The number of halogens is 2. The Labute approximate surface area is 117 Å². The first-order valence-electron chi connectivity index (χ1n) is 5.10. The van der Waals surface area contributed by atoms with Crippen LogP contribution in [-0.2, 0) is 6.42 Å². The summed E-state index contributed by atoms with van der Waals surface area (Å²) < 4.78 is 0.705. The zero-order chi connectivity index (χ0) is 12.2. The molecule has 1 rings (SSSR count). The van der Waals surface area contributed by atoms with E-state index in [-0.39, 0.29) is 9.55 Å². The summed E-state index contributed by atoms with van der Waals surface area (Å²) in [7, 11) is 4.13. The first-order valence-corrected chi connectivity index (χ1v) is 6.78. The number of terminal acetylenes is 1. The van der Waals surface area contributed by atoms with Gasteiger partial charge in [0.15, 0.2) is 5.50 Å². The van der Waals surface area contributed by atoms with Gasteiger partial charge in [0.2, 0.25) is 4.05 Å². The van der Waals surface area contributed by atoms with Crippen LogP contribution in [0.15, 0.2) is 30.3 Å². The molecule has 0 amide bonds. The molecule has 0 saturated heterocycles. The van der Waals surface area contributed by atoms with E-state index < -0.39 is 0 Å². The van der Waals surface area contributed by atoms with Crippen LogP contribution in [0.3, 0.4) is 0 Å². The van der Waals surface area contributed by atoms with Gasteiger partial charge in [-0.15, -0.1) is 6.42 Å². The largest absolute Gasteiger partial charge is 0.292 e. The third-order valence-electron chi connectivity index (χ3n) is 2.69. The monoisotopic (exact) mass is 348 g/mol. The van der Waals surface area contributed by atoms with Crippen molar-refractivity contribution in [1.29, 1.82) is 0 Å². The number of hydrogen-bond donors (Lipinski definition) is 0. The standard InChI is InChI=1S/C13H16ClIN/c1-4-13(15)16(2,3)12(14)10-11-8-6-5-7-9-11/h1,5-9,12-13H,10H2,2-3H3/q+1. The molecule has 1 aromatic rings. The minimum absolute atomic E-state index is 0.0136. The van der Waals surface area contributed by atoms with Crippen LogP contribution in [0, 0.1) is 12.3 Å². The minimum atomic E-state index is -0.0136. The lowest BCUT2D eigenvalue weighted by Crippen LogP contribution is -2.51. The number of benzene rings is 1. The molecule has 3 heteroatoms. The van der Waals surface area contributed by atoms with Crippen LogP contribution in [0.5, 0.6) is 0 Å². The van der Waals surface area contributed by atoms with Crippen LogP contribution in [0.25, 0.3) is 0 Å². The normalized spacial score (nSPS) is 15.2. The van der Waals surface area contributed by atoms with Gasteiger partial charge in [0.1, 0.15) is 0 Å². The van der Waals surface area contributed by atoms with Gasteiger partial charge in [-0.3, -0.25) is 4.48 Å². The van der Waals surface area contributed by atoms with E-state index in [1.54, 1.807) is 0 Å². The van der Waals surface area contributed by atoms with E-state index in [9.17, 15) is 0 Å². The topological polar surface area (TPSA) is 0 Å². The van der Waals surface area contributed by atoms with Crippen molar-refractivity contribution < 1.29 is 4.48 Å². The lowest BCUT2D eigenvalue weighted by atomic mass is 10.1. The quantitative estimate of drug-likeness (QED) is 0.258. The molecule has 0 fully saturated rings. The van der Waals surface area contributed by atoms with E-state index in [2.05, 4.69) is 54.7 Å². The number of hydrogen-bond acceptors (Lipinski definition) is 0. The Balaban J connectivity index is 2.73. The smallest absolute Gasteiger partial charge is 0.201 e. The van der Waals surface area contributed by atoms with Crippen molar-refractivity contribution in [2.75, 3.05) is 14.1 Å². The summed E-state index contributed by atoms with van der Waals surface area (Å²) in [6.07, 6.45) is 6.29. The molecule has 16 heavy (non-hydrogen) atoms. The molecule has 86 valence electrons. The van der Waals surface area contributed by atoms with Gasteiger partial charge in [-0.05, 0) is 11.5 Å². The SMILES string of the molecule is C#CC(I)[N+](C)(C)C(Cl)Cc1ccccc1. The Morgan fingerprint density at radius 2 is 1.94 bits per heavy atom. The van der Waals surface area contributed by atoms with Gasteiger partial charge in [-0.2, -0.15) is 0 Å². The molecule has 0 N–H and O–H groups in total. The highest BCUT2D eigenvalue weighted by Crippen LogP contribution is 2.23. The predicted molar refractivity (Wildman–Crippen MR) is 78.5 cm³/mol. The average molecular weight is 349 g/mol. The molecule has 0 bridgehead atoms. The number of nitrogens with zero attached hydrogens (tertiary/aromatic N) is 1. The van der Waals surface area contributed by atoms with Crippen LogP contribution in [-0.4, -0.2) is 28.1 Å². The number of likely N-dealkylation sites (N-methyl/N-ethyl adjacent to an activating group) is 1. The van der Waals surface area contributed by atoms with Crippen LogP contribution in [0.2, 0.25) is 0 Å². The maximum atomic E-state index is 6.45. The molecule has 2 unspecified atom stereocenters. The Bertz CT molecular complexity index is 369. The molecule has 1 nitrogen and oxygen atoms in total. The lowest BCUT2D eigenvalue weighted by Gasteiger charge is -2.36. The van der Waals surface area contributed by atoms with Gasteiger partial charge in [-0.1, -0.05) is 41.9 Å². The maximum absolute atomic E-state index is 6.45. The summed E-state index contributed by atoms with van der Waals surface area (Å²) in [5, 5.41) is 0. The van der Waals surface area contributed by atoms with Crippen LogP contribution in [0.1, 0.15) is 5.56 Å². The summed E-state index contributed by atoms with van der Waals surface area (Å²) in [6, 6.07) is 10.2. The average Bonchev–Trinajstić information content (AvgIpc) is 2.29. The Kier molecular flexibility index (Phi) is 5.10. The van der Waals surface area contributed by atoms with Gasteiger partial charge >= 0.3 is 0 Å². The number of alkyl halides is 2. The first kappa shape index (κ1) is 13.8. The van der Waals surface area contributed by atoms with E-state index >= 15 is 0 Å². The molecule has 2 atom stereocenters. The molecule has 1 aromatic carbocycles. The van der Waals surface area contributed by atoms with Crippen molar-refractivity contribution in [1.82, 2.24) is 0 Å². The molecule has 0 spiro atoms. The fourth-order valence-electron chi connectivity index (χ4n) is 1.38. The third-order valence-corrected chi connectivity index (χ3v) is 5.14. The van der Waals surface area contributed by atoms with Gasteiger partial charge in [0.25, 0.3) is 0 Å². The van der Waals surface area contributed by atoms with Crippen LogP contribution >= 0.6 is 34.2 Å². The van der Waals surface area contributed by atoms with E-state index in [1.807, 2.05) is 18.2 Å². The van der Waals surface area contributed by atoms with Crippen molar-refractivity contribution in [2.45, 2.75) is 16.0 Å². The van der Waals surface area contributed by atoms with Crippen molar-refractivity contribution in [3.05, 3.63) is 35.9 Å². The van der Waals surface area contributed by atoms with Crippen molar-refractivity contribution in [2.24, 2.45) is 0 Å². The third kappa shape index (κ3) is 3.38. The fraction of sp³-hybridized carbons (Fsp3) is 0.385. The summed E-state index contributed by atoms with van der Waals surface area (Å²) in [6.45, 7) is 0. The zero-order valence-corrected chi connectivity index (χ0v) is 12.4. The summed E-state index contributed by atoms with van der Waals surface area (Å²) in [5.74, 6) is 2.75. The van der Waals surface area contributed by atoms with Crippen LogP contribution < -0.4 is 0 Å². The van der Waals surface area contributed by atoms with Crippen molar-refractivity contribution in [3.8, 4) is 12.3 Å². The first-order chi connectivity index (χ1) is 7.48. The van der Waals surface area contributed by atoms with E-state index in [4.69, 9.17) is 18.0 Å². The summed E-state index contributed by atoms with van der Waals surface area (Å²) >= 11 is 8.71. The second-order valence-corrected chi connectivity index (χ2v) is 5.94. The molecular formula is C13H16ClIN+. The van der Waals surface area contributed by atoms with Gasteiger partial charge in [0, 0.05) is 29.0 Å². The predicted octanol–water partition coefficient (Wildman–Crippen LogP) is 3.26. The maximum Gasteiger partial charge on any atom is 0.201 e. The highest BCUT2D eigenvalue weighted by Gasteiger charge is 2.32. The van der Waals surface area contributed by atoms with Crippen molar-refractivity contribution in [3.63, 3.8) is 0 Å². The van der Waals surface area contributed by atoms with Gasteiger partial charge in [-0.25, -0.2) is 0 Å². The molecule has 0 aliphatic rings. The highest BCUT2D eigenvalue weighted by molar-refractivity contribution is 14.1. The molecule has 0 radical (unpaired) electrons. The zero-order valence-electron chi connectivity index (χ0n) is 9.53. The highest BCUT2D eigenvalue weighted by atomic mass is 127. The van der Waals surface area contributed by atoms with Crippen molar-refractivity contribution >= 4 is 34.2 Å². The Hall–Kier alpha value is -0.240. The number of rotatable bonds is 4. The lowest BCUT2D eigenvalue weighted by molar-refractivity contribution is -0.900. The van der Waals surface area contributed by atoms with E-state index in [0.717, 1.165) is 6.42 Å². The second-order valence-electron chi connectivity index (χ2n) is 4.26. The summed E-state index contributed by atoms with van der Waals surface area (Å²) in [5.41, 5.74) is 1.23. The molecule has 0 aromatic heterocycles. The number of quaternary nitrogens is 1. The molecular weight excluding hydrogens is 333 g/mol. The Morgan fingerprint density at radius 3 is 2.44 bits per heavy atom. The second kappa shape index (κ2) is 5.90. The summed E-state index contributed by atoms with van der Waals surface area (Å²) in [4.78, 5) is 0. The fourth-order valence-corrected chi connectivity index (χ4v) is 2.25. The molecule has 0 saturated carbocycles. The van der Waals surface area contributed by atoms with Gasteiger partial charge < -0.3 is 0 Å².